The number of carbonyl (C=O) groups is 1. The van der Waals surface area contributed by atoms with Crippen molar-refractivity contribution in [2.75, 3.05) is 0 Å². The van der Waals surface area contributed by atoms with Crippen LogP contribution in [0.25, 0.3) is 22.2 Å². The van der Waals surface area contributed by atoms with Crippen LogP contribution in [0.2, 0.25) is 0 Å². The summed E-state index contributed by atoms with van der Waals surface area (Å²) in [7, 11) is 0. The number of aromatic nitrogens is 1. The molecule has 0 amide bonds. The molecule has 0 aliphatic rings. The summed E-state index contributed by atoms with van der Waals surface area (Å²) in [5.41, 5.74) is 0.468. The van der Waals surface area contributed by atoms with Gasteiger partial charge in [0.15, 0.2) is 0 Å². The summed E-state index contributed by atoms with van der Waals surface area (Å²) in [5.74, 6) is -3.08. The number of pyridine rings is 1. The molecule has 2 aromatic heterocycles. The maximum absolute atomic E-state index is 13.8. The molecule has 0 saturated carbocycles. The lowest BCUT2D eigenvalue weighted by Gasteiger charge is -2.06. The first-order valence-electron chi connectivity index (χ1n) is 5.62. The van der Waals surface area contributed by atoms with Crippen molar-refractivity contribution in [1.82, 2.24) is 4.98 Å². The fraction of sp³-hybridized carbons (Fsp3) is 0. The van der Waals surface area contributed by atoms with Crippen LogP contribution >= 0.6 is 0 Å². The molecule has 3 aromatic rings. The van der Waals surface area contributed by atoms with E-state index in [1.54, 1.807) is 6.07 Å². The van der Waals surface area contributed by atoms with Crippen molar-refractivity contribution in [2.45, 2.75) is 0 Å². The van der Waals surface area contributed by atoms with Gasteiger partial charge in [0.25, 0.3) is 0 Å². The van der Waals surface area contributed by atoms with Crippen molar-refractivity contribution in [1.29, 1.82) is 0 Å². The Labute approximate surface area is 111 Å². The third-order valence-electron chi connectivity index (χ3n) is 2.87. The second-order valence-corrected chi connectivity index (χ2v) is 4.15. The van der Waals surface area contributed by atoms with Gasteiger partial charge in [-0.2, -0.15) is 0 Å². The molecule has 0 aliphatic heterocycles. The summed E-state index contributed by atoms with van der Waals surface area (Å²) < 4.78 is 31.9. The number of hydrogen-bond acceptors (Lipinski definition) is 3. The largest absolute Gasteiger partial charge is 0.478 e. The highest BCUT2D eigenvalue weighted by Crippen LogP contribution is 2.27. The number of halogens is 2. The molecule has 6 heteroatoms. The molecule has 2 heterocycles. The molecule has 0 saturated heterocycles. The van der Waals surface area contributed by atoms with E-state index in [1.807, 2.05) is 0 Å². The fourth-order valence-corrected chi connectivity index (χ4v) is 2.01. The summed E-state index contributed by atoms with van der Waals surface area (Å²) >= 11 is 0. The minimum atomic E-state index is -1.31. The number of benzene rings is 1. The van der Waals surface area contributed by atoms with Gasteiger partial charge < -0.3 is 9.52 Å². The van der Waals surface area contributed by atoms with Gasteiger partial charge in [0.05, 0.1) is 34.7 Å². The molecular weight excluding hydrogens is 268 g/mol. The Balaban J connectivity index is 2.40. The first-order valence-corrected chi connectivity index (χ1v) is 5.62. The van der Waals surface area contributed by atoms with Gasteiger partial charge in [0.1, 0.15) is 11.6 Å². The molecule has 20 heavy (non-hydrogen) atoms. The summed E-state index contributed by atoms with van der Waals surface area (Å²) in [6, 6.07) is 4.44. The van der Waals surface area contributed by atoms with E-state index in [9.17, 15) is 18.7 Å². The molecule has 0 radical (unpaired) electrons. The number of hydrogen-bond donors (Lipinski definition) is 1. The van der Waals surface area contributed by atoms with E-state index < -0.39 is 17.6 Å². The third kappa shape index (κ3) is 1.91. The van der Waals surface area contributed by atoms with E-state index in [1.165, 1.54) is 18.6 Å². The van der Waals surface area contributed by atoms with Crippen LogP contribution in [0.5, 0.6) is 0 Å². The Kier molecular flexibility index (Phi) is 2.71. The van der Waals surface area contributed by atoms with Gasteiger partial charge in [-0.1, -0.05) is 0 Å². The number of aromatic carboxylic acids is 1. The van der Waals surface area contributed by atoms with Crippen LogP contribution in [0.4, 0.5) is 8.78 Å². The zero-order valence-electron chi connectivity index (χ0n) is 9.93. The topological polar surface area (TPSA) is 63.3 Å². The molecule has 0 atom stereocenters. The Morgan fingerprint density at radius 2 is 2.05 bits per heavy atom. The fourth-order valence-electron chi connectivity index (χ4n) is 2.01. The Morgan fingerprint density at radius 1 is 1.25 bits per heavy atom. The van der Waals surface area contributed by atoms with E-state index in [4.69, 9.17) is 4.42 Å². The van der Waals surface area contributed by atoms with Crippen molar-refractivity contribution < 1.29 is 23.1 Å². The Hall–Kier alpha value is -2.76. The SMILES string of the molecule is O=C(O)c1cc(-c2ccoc2)nc2cc(F)cc(F)c12. The number of fused-ring (bicyclic) bond motifs is 1. The second kappa shape index (κ2) is 4.41. The summed E-state index contributed by atoms with van der Waals surface area (Å²) in [5, 5.41) is 8.97. The normalized spacial score (nSPS) is 10.9. The van der Waals surface area contributed by atoms with Crippen LogP contribution in [0.15, 0.2) is 41.2 Å². The third-order valence-corrected chi connectivity index (χ3v) is 2.87. The highest BCUT2D eigenvalue weighted by molar-refractivity contribution is 6.04. The summed E-state index contributed by atoms with van der Waals surface area (Å²) in [4.78, 5) is 15.3. The van der Waals surface area contributed by atoms with Gasteiger partial charge >= 0.3 is 5.97 Å². The highest BCUT2D eigenvalue weighted by Gasteiger charge is 2.17. The van der Waals surface area contributed by atoms with Gasteiger partial charge in [0.2, 0.25) is 0 Å². The van der Waals surface area contributed by atoms with E-state index in [0.717, 1.165) is 6.07 Å². The first-order chi connectivity index (χ1) is 9.56. The summed E-state index contributed by atoms with van der Waals surface area (Å²) in [6.07, 6.45) is 2.77. The number of carboxylic acid groups (broad SMARTS) is 1. The zero-order chi connectivity index (χ0) is 14.3. The number of nitrogens with zero attached hydrogens (tertiary/aromatic N) is 1. The lowest BCUT2D eigenvalue weighted by Crippen LogP contribution is -2.02. The van der Waals surface area contributed by atoms with Crippen molar-refractivity contribution >= 4 is 16.9 Å². The molecule has 1 N–H and O–H groups in total. The Bertz CT molecular complexity index is 813. The van der Waals surface area contributed by atoms with Crippen molar-refractivity contribution in [3.8, 4) is 11.3 Å². The van der Waals surface area contributed by atoms with E-state index in [0.29, 0.717) is 11.6 Å². The number of furan rings is 1. The average Bonchev–Trinajstić information content (AvgIpc) is 2.90. The minimum Gasteiger partial charge on any atom is -0.478 e. The molecule has 0 bridgehead atoms. The lowest BCUT2D eigenvalue weighted by molar-refractivity contribution is 0.0698. The van der Waals surface area contributed by atoms with Crippen LogP contribution in [0.1, 0.15) is 10.4 Å². The predicted octanol–water partition coefficient (Wildman–Crippen LogP) is 3.47. The van der Waals surface area contributed by atoms with Crippen LogP contribution in [0.3, 0.4) is 0 Å². The average molecular weight is 275 g/mol. The molecule has 0 unspecified atom stereocenters. The van der Waals surface area contributed by atoms with Crippen LogP contribution in [0, 0.1) is 11.6 Å². The predicted molar refractivity (Wildman–Crippen MR) is 66.3 cm³/mol. The molecule has 0 fully saturated rings. The van der Waals surface area contributed by atoms with Crippen LogP contribution in [-0.2, 0) is 0 Å². The van der Waals surface area contributed by atoms with Crippen LogP contribution < -0.4 is 0 Å². The molecule has 1 aromatic carbocycles. The van der Waals surface area contributed by atoms with Crippen LogP contribution in [-0.4, -0.2) is 16.1 Å². The van der Waals surface area contributed by atoms with Gasteiger partial charge in [-0.05, 0) is 12.1 Å². The molecule has 0 spiro atoms. The first kappa shape index (κ1) is 12.3. The minimum absolute atomic E-state index is 0.0569. The van der Waals surface area contributed by atoms with E-state index in [-0.39, 0.29) is 22.2 Å². The molecule has 100 valence electrons. The summed E-state index contributed by atoms with van der Waals surface area (Å²) in [6.45, 7) is 0. The molecule has 4 nitrogen and oxygen atoms in total. The molecule has 3 rings (SSSR count). The Morgan fingerprint density at radius 3 is 2.70 bits per heavy atom. The number of carboxylic acids is 1. The van der Waals surface area contributed by atoms with Gasteiger partial charge in [0, 0.05) is 17.7 Å². The van der Waals surface area contributed by atoms with E-state index >= 15 is 0 Å². The lowest BCUT2D eigenvalue weighted by atomic mass is 10.0. The maximum Gasteiger partial charge on any atom is 0.336 e. The second-order valence-electron chi connectivity index (χ2n) is 4.15. The van der Waals surface area contributed by atoms with Gasteiger partial charge in [-0.25, -0.2) is 18.6 Å². The smallest absolute Gasteiger partial charge is 0.336 e. The monoisotopic (exact) mass is 275 g/mol. The standard InChI is InChI=1S/C14H7F2NO3/c15-8-3-10(16)13-9(14(18)19)5-11(17-12(13)4-8)7-1-2-20-6-7/h1-6H,(H,18,19). The maximum atomic E-state index is 13.8. The molecular formula is C14H7F2NO3. The highest BCUT2D eigenvalue weighted by atomic mass is 19.1. The van der Waals surface area contributed by atoms with Gasteiger partial charge in [-0.3, -0.25) is 0 Å². The van der Waals surface area contributed by atoms with Crippen molar-refractivity contribution in [3.05, 3.63) is 54.0 Å². The molecule has 0 aliphatic carbocycles. The van der Waals surface area contributed by atoms with Crippen molar-refractivity contribution in [3.63, 3.8) is 0 Å². The quantitative estimate of drug-likeness (QED) is 0.777. The van der Waals surface area contributed by atoms with Gasteiger partial charge in [-0.15, -0.1) is 0 Å². The van der Waals surface area contributed by atoms with E-state index in [2.05, 4.69) is 4.98 Å². The van der Waals surface area contributed by atoms with Crippen molar-refractivity contribution in [2.24, 2.45) is 0 Å². The number of rotatable bonds is 2. The zero-order valence-corrected chi connectivity index (χ0v) is 9.93.